The number of fused-ring (bicyclic) bond motifs is 1. The maximum Gasteiger partial charge on any atom is 0.326 e. The third kappa shape index (κ3) is 5.15. The number of hydrogen-bond acceptors (Lipinski definition) is 5. The van der Waals surface area contributed by atoms with E-state index in [4.69, 9.17) is 5.11 Å². The van der Waals surface area contributed by atoms with Crippen molar-refractivity contribution in [2.45, 2.75) is 43.8 Å². The molecule has 0 bridgehead atoms. The van der Waals surface area contributed by atoms with Crippen LogP contribution >= 0.6 is 0 Å². The number of aromatic amines is 1. The van der Waals surface area contributed by atoms with Crippen LogP contribution in [-0.2, 0) is 25.6 Å². The minimum atomic E-state index is -1.37. The zero-order chi connectivity index (χ0) is 21.7. The summed E-state index contributed by atoms with van der Waals surface area (Å²) in [5, 5.41) is 27.3. The first-order valence-corrected chi connectivity index (χ1v) is 9.69. The van der Waals surface area contributed by atoms with Gasteiger partial charge in [0, 0.05) is 23.5 Å². The second kappa shape index (κ2) is 9.40. The Morgan fingerprint density at radius 2 is 1.87 bits per heavy atom. The lowest BCUT2D eigenvalue weighted by Gasteiger charge is -2.22. The molecule has 2 aromatic rings. The van der Waals surface area contributed by atoms with E-state index < -0.39 is 48.3 Å². The Bertz CT molecular complexity index is 950. The zero-order valence-corrected chi connectivity index (χ0v) is 16.2. The molecule has 0 saturated carbocycles. The number of aromatic nitrogens is 1. The van der Waals surface area contributed by atoms with Gasteiger partial charge in [-0.3, -0.25) is 14.4 Å². The fourth-order valence-electron chi connectivity index (χ4n) is 3.56. The number of carbonyl (C=O) groups excluding carboxylic acids is 2. The Kier molecular flexibility index (Phi) is 6.68. The van der Waals surface area contributed by atoms with Gasteiger partial charge < -0.3 is 31.1 Å². The molecule has 0 aliphatic carbocycles. The van der Waals surface area contributed by atoms with Crippen LogP contribution in [0.2, 0.25) is 0 Å². The molecule has 1 aromatic heterocycles. The average Bonchev–Trinajstić information content (AvgIpc) is 3.37. The predicted molar refractivity (Wildman–Crippen MR) is 107 cm³/mol. The number of aliphatic carboxylic acids is 2. The fourth-order valence-corrected chi connectivity index (χ4v) is 3.56. The van der Waals surface area contributed by atoms with Crippen LogP contribution in [0.3, 0.4) is 0 Å². The van der Waals surface area contributed by atoms with Crippen LogP contribution in [0.15, 0.2) is 30.5 Å². The summed E-state index contributed by atoms with van der Waals surface area (Å²) in [4.78, 5) is 50.9. The molecule has 1 aliphatic heterocycles. The van der Waals surface area contributed by atoms with Gasteiger partial charge >= 0.3 is 11.9 Å². The molecule has 0 radical (unpaired) electrons. The molecule has 0 unspecified atom stereocenters. The van der Waals surface area contributed by atoms with Gasteiger partial charge in [-0.15, -0.1) is 0 Å². The van der Waals surface area contributed by atoms with Gasteiger partial charge in [-0.25, -0.2) is 4.79 Å². The lowest BCUT2D eigenvalue weighted by molar-refractivity contribution is -0.143. The molecular weight excluding hydrogens is 392 g/mol. The largest absolute Gasteiger partial charge is 0.481 e. The highest BCUT2D eigenvalue weighted by molar-refractivity contribution is 5.94. The highest BCUT2D eigenvalue weighted by Gasteiger charge is 2.31. The summed E-state index contributed by atoms with van der Waals surface area (Å²) in [6.45, 7) is 0.666. The number of carboxylic acid groups (broad SMARTS) is 2. The van der Waals surface area contributed by atoms with E-state index in [2.05, 4.69) is 20.9 Å². The zero-order valence-electron chi connectivity index (χ0n) is 16.2. The maximum atomic E-state index is 12.7. The molecule has 3 rings (SSSR count). The first-order valence-electron chi connectivity index (χ1n) is 9.69. The first-order chi connectivity index (χ1) is 14.3. The van der Waals surface area contributed by atoms with E-state index in [-0.39, 0.29) is 6.42 Å². The van der Waals surface area contributed by atoms with Crippen molar-refractivity contribution >= 4 is 34.7 Å². The summed E-state index contributed by atoms with van der Waals surface area (Å²) in [6, 6.07) is 4.21. The van der Waals surface area contributed by atoms with Crippen LogP contribution < -0.4 is 16.0 Å². The van der Waals surface area contributed by atoms with Crippen molar-refractivity contribution in [1.29, 1.82) is 0 Å². The van der Waals surface area contributed by atoms with E-state index in [0.29, 0.717) is 18.5 Å². The van der Waals surface area contributed by atoms with Gasteiger partial charge in [-0.2, -0.15) is 0 Å². The SMILES string of the molecule is O=C(O)C[C@H](NC(=O)[C@@H]1CCCN1)C(=O)N[C@@H](Cc1c[nH]c2ccccc12)C(=O)O. The molecule has 6 N–H and O–H groups in total. The second-order valence-corrected chi connectivity index (χ2v) is 7.27. The van der Waals surface area contributed by atoms with Crippen molar-refractivity contribution in [2.75, 3.05) is 6.54 Å². The van der Waals surface area contributed by atoms with Crippen molar-refractivity contribution in [3.63, 3.8) is 0 Å². The Balaban J connectivity index is 1.71. The molecule has 10 heteroatoms. The summed E-state index contributed by atoms with van der Waals surface area (Å²) in [6.07, 6.45) is 2.42. The number of benzene rings is 1. The van der Waals surface area contributed by atoms with Gasteiger partial charge in [0.1, 0.15) is 12.1 Å². The van der Waals surface area contributed by atoms with Crippen LogP contribution in [0.4, 0.5) is 0 Å². The van der Waals surface area contributed by atoms with Crippen molar-refractivity contribution < 1.29 is 29.4 Å². The number of H-pyrrole nitrogens is 1. The average molecular weight is 416 g/mol. The number of rotatable bonds is 9. The molecule has 30 heavy (non-hydrogen) atoms. The first kappa shape index (κ1) is 21.3. The summed E-state index contributed by atoms with van der Waals surface area (Å²) < 4.78 is 0. The van der Waals surface area contributed by atoms with Crippen LogP contribution in [0.1, 0.15) is 24.8 Å². The summed E-state index contributed by atoms with van der Waals surface area (Å²) in [5.41, 5.74) is 1.54. The number of para-hydroxylation sites is 1. The molecule has 1 aliphatic rings. The van der Waals surface area contributed by atoms with Crippen molar-refractivity contribution in [3.8, 4) is 0 Å². The lowest BCUT2D eigenvalue weighted by atomic mass is 10.0. The monoisotopic (exact) mass is 416 g/mol. The Morgan fingerprint density at radius 3 is 2.53 bits per heavy atom. The Labute approximate surface area is 172 Å². The van der Waals surface area contributed by atoms with E-state index >= 15 is 0 Å². The van der Waals surface area contributed by atoms with Crippen molar-refractivity contribution in [2.24, 2.45) is 0 Å². The topological polar surface area (TPSA) is 161 Å². The Morgan fingerprint density at radius 1 is 1.10 bits per heavy atom. The third-order valence-corrected chi connectivity index (χ3v) is 5.10. The molecular formula is C20H24N4O6. The van der Waals surface area contributed by atoms with E-state index in [1.54, 1.807) is 6.20 Å². The Hall–Kier alpha value is -3.40. The highest BCUT2D eigenvalue weighted by Crippen LogP contribution is 2.19. The molecule has 1 fully saturated rings. The number of amides is 2. The van der Waals surface area contributed by atoms with Gasteiger partial charge in [-0.05, 0) is 31.0 Å². The van der Waals surface area contributed by atoms with Crippen LogP contribution in [-0.4, -0.2) is 63.6 Å². The molecule has 10 nitrogen and oxygen atoms in total. The maximum absolute atomic E-state index is 12.7. The normalized spacial score (nSPS) is 17.9. The summed E-state index contributed by atoms with van der Waals surface area (Å²) in [7, 11) is 0. The van der Waals surface area contributed by atoms with E-state index in [9.17, 15) is 24.3 Å². The predicted octanol–water partition coefficient (Wildman–Crippen LogP) is -0.00870. The smallest absolute Gasteiger partial charge is 0.326 e. The van der Waals surface area contributed by atoms with Crippen LogP contribution in [0.5, 0.6) is 0 Å². The molecule has 2 amide bonds. The molecule has 160 valence electrons. The standard InChI is InChI=1S/C20H24N4O6/c25-17(26)9-15(23-18(27)14-6-3-7-21-14)19(28)24-16(20(29)30)8-11-10-22-13-5-2-1-4-12(11)13/h1-2,4-5,10,14-16,21-22H,3,6-9H2,(H,23,27)(H,24,28)(H,25,26)(H,29,30)/t14-,15-,16-/m0/s1. The molecule has 1 saturated heterocycles. The number of hydrogen-bond donors (Lipinski definition) is 6. The number of nitrogens with one attached hydrogen (secondary N) is 4. The second-order valence-electron chi connectivity index (χ2n) is 7.27. The van der Waals surface area contributed by atoms with Crippen molar-refractivity contribution in [1.82, 2.24) is 20.9 Å². The third-order valence-electron chi connectivity index (χ3n) is 5.10. The van der Waals surface area contributed by atoms with Gasteiger partial charge in [0.05, 0.1) is 12.5 Å². The highest BCUT2D eigenvalue weighted by atomic mass is 16.4. The van der Waals surface area contributed by atoms with Gasteiger partial charge in [0.15, 0.2) is 0 Å². The van der Waals surface area contributed by atoms with Crippen LogP contribution in [0.25, 0.3) is 10.9 Å². The van der Waals surface area contributed by atoms with Gasteiger partial charge in [0.25, 0.3) is 0 Å². The van der Waals surface area contributed by atoms with Crippen LogP contribution in [0, 0.1) is 0 Å². The molecule has 0 spiro atoms. The quantitative estimate of drug-likeness (QED) is 0.335. The van der Waals surface area contributed by atoms with E-state index in [1.807, 2.05) is 24.3 Å². The minimum absolute atomic E-state index is 0.00298. The van der Waals surface area contributed by atoms with E-state index in [0.717, 1.165) is 17.3 Å². The van der Waals surface area contributed by atoms with E-state index in [1.165, 1.54) is 0 Å². The summed E-state index contributed by atoms with van der Waals surface area (Å²) >= 11 is 0. The van der Waals surface area contributed by atoms with Crippen molar-refractivity contribution in [3.05, 3.63) is 36.0 Å². The molecule has 1 aromatic carbocycles. The molecule has 2 heterocycles. The fraction of sp³-hybridized carbons (Fsp3) is 0.400. The number of carboxylic acids is 2. The lowest BCUT2D eigenvalue weighted by Crippen LogP contribution is -2.55. The molecule has 3 atom stereocenters. The van der Waals surface area contributed by atoms with Gasteiger partial charge in [-0.1, -0.05) is 18.2 Å². The number of carbonyl (C=O) groups is 4. The summed E-state index contributed by atoms with van der Waals surface area (Å²) in [5.74, 6) is -3.86. The minimum Gasteiger partial charge on any atom is -0.481 e. The van der Waals surface area contributed by atoms with Gasteiger partial charge in [0.2, 0.25) is 11.8 Å².